The maximum absolute atomic E-state index is 12.5. The van der Waals surface area contributed by atoms with Gasteiger partial charge in [-0.2, -0.15) is 0 Å². The quantitative estimate of drug-likeness (QED) is 0.866. The van der Waals surface area contributed by atoms with Gasteiger partial charge in [-0.05, 0) is 48.6 Å². The molecule has 4 nitrogen and oxygen atoms in total. The third kappa shape index (κ3) is 3.26. The average molecular weight is 308 g/mol. The van der Waals surface area contributed by atoms with E-state index in [0.717, 1.165) is 30.5 Å². The maximum atomic E-state index is 12.5. The van der Waals surface area contributed by atoms with Crippen LogP contribution in [0.25, 0.3) is 0 Å². The largest absolute Gasteiger partial charge is 0.318 e. The minimum atomic E-state index is -0.592. The molecular weight excluding hydrogens is 288 g/mol. The smallest absolute Gasteiger partial charge is 0.316 e. The standard InChI is InChI=1S/C19H20N2O2/c1-2-14-9-11-16(12-10-14)20-18(22)19(23)21-13-5-7-15-6-3-4-8-17(15)21/h3-4,6,8-12H,2,5,7,13H2,1H3,(H,20,22). The van der Waals surface area contributed by atoms with Crippen LogP contribution in [-0.4, -0.2) is 18.4 Å². The van der Waals surface area contributed by atoms with Crippen molar-refractivity contribution in [1.29, 1.82) is 0 Å². The van der Waals surface area contributed by atoms with Gasteiger partial charge in [-0.25, -0.2) is 0 Å². The molecular formula is C19H20N2O2. The normalized spacial score (nSPS) is 13.3. The van der Waals surface area contributed by atoms with Crippen LogP contribution in [0.1, 0.15) is 24.5 Å². The van der Waals surface area contributed by atoms with E-state index >= 15 is 0 Å². The second-order valence-corrected chi connectivity index (χ2v) is 5.69. The minimum absolute atomic E-state index is 0.503. The highest BCUT2D eigenvalue weighted by Gasteiger charge is 2.27. The number of nitrogens with one attached hydrogen (secondary N) is 1. The van der Waals surface area contributed by atoms with Gasteiger partial charge < -0.3 is 10.2 Å². The number of amides is 2. The molecule has 0 aromatic heterocycles. The molecule has 4 heteroatoms. The lowest BCUT2D eigenvalue weighted by Gasteiger charge is -2.28. The Morgan fingerprint density at radius 2 is 1.83 bits per heavy atom. The Bertz CT molecular complexity index is 722. The fraction of sp³-hybridized carbons (Fsp3) is 0.263. The molecule has 0 saturated carbocycles. The van der Waals surface area contributed by atoms with Crippen molar-refractivity contribution in [1.82, 2.24) is 0 Å². The van der Waals surface area contributed by atoms with E-state index in [9.17, 15) is 9.59 Å². The van der Waals surface area contributed by atoms with Crippen LogP contribution in [0.15, 0.2) is 48.5 Å². The SMILES string of the molecule is CCc1ccc(NC(=O)C(=O)N2CCCc3ccccc32)cc1. The molecule has 2 aromatic rings. The summed E-state index contributed by atoms with van der Waals surface area (Å²) in [7, 11) is 0. The van der Waals surface area contributed by atoms with Gasteiger partial charge in [0.15, 0.2) is 0 Å². The van der Waals surface area contributed by atoms with Crippen LogP contribution in [0.5, 0.6) is 0 Å². The third-order valence-electron chi connectivity index (χ3n) is 4.17. The Morgan fingerprint density at radius 1 is 1.09 bits per heavy atom. The number of carbonyl (C=O) groups excluding carboxylic acids is 2. The van der Waals surface area contributed by atoms with E-state index in [1.165, 1.54) is 5.56 Å². The van der Waals surface area contributed by atoms with Crippen molar-refractivity contribution >= 4 is 23.2 Å². The van der Waals surface area contributed by atoms with E-state index in [2.05, 4.69) is 12.2 Å². The molecule has 118 valence electrons. The number of para-hydroxylation sites is 1. The van der Waals surface area contributed by atoms with Crippen molar-refractivity contribution in [2.75, 3.05) is 16.8 Å². The Hall–Kier alpha value is -2.62. The molecule has 0 saturated heterocycles. The first kappa shape index (κ1) is 15.3. The summed E-state index contributed by atoms with van der Waals surface area (Å²) in [6.07, 6.45) is 2.76. The summed E-state index contributed by atoms with van der Waals surface area (Å²) in [4.78, 5) is 26.4. The topological polar surface area (TPSA) is 49.4 Å². The first-order chi connectivity index (χ1) is 11.2. The van der Waals surface area contributed by atoms with Crippen LogP contribution >= 0.6 is 0 Å². The Kier molecular flexibility index (Phi) is 4.42. The molecule has 1 N–H and O–H groups in total. The summed E-state index contributed by atoms with van der Waals surface area (Å²) in [5, 5.41) is 2.69. The zero-order valence-corrected chi connectivity index (χ0v) is 13.2. The molecule has 0 radical (unpaired) electrons. The van der Waals surface area contributed by atoms with E-state index in [1.807, 2.05) is 48.5 Å². The lowest BCUT2D eigenvalue weighted by molar-refractivity contribution is -0.134. The fourth-order valence-electron chi connectivity index (χ4n) is 2.88. The number of rotatable bonds is 2. The van der Waals surface area contributed by atoms with Crippen molar-refractivity contribution < 1.29 is 9.59 Å². The summed E-state index contributed by atoms with van der Waals surface area (Å²) < 4.78 is 0. The van der Waals surface area contributed by atoms with Crippen molar-refractivity contribution in [2.24, 2.45) is 0 Å². The van der Waals surface area contributed by atoms with Gasteiger partial charge in [0, 0.05) is 17.9 Å². The third-order valence-corrected chi connectivity index (χ3v) is 4.17. The highest BCUT2D eigenvalue weighted by molar-refractivity contribution is 6.44. The number of anilines is 2. The number of aryl methyl sites for hydroxylation is 2. The van der Waals surface area contributed by atoms with E-state index in [0.29, 0.717) is 12.2 Å². The molecule has 1 aliphatic heterocycles. The van der Waals surface area contributed by atoms with Crippen molar-refractivity contribution in [3.63, 3.8) is 0 Å². The number of fused-ring (bicyclic) bond motifs is 1. The summed E-state index contributed by atoms with van der Waals surface area (Å²) >= 11 is 0. The molecule has 0 spiro atoms. The molecule has 0 fully saturated rings. The second-order valence-electron chi connectivity index (χ2n) is 5.69. The van der Waals surface area contributed by atoms with Crippen LogP contribution < -0.4 is 10.2 Å². The van der Waals surface area contributed by atoms with Crippen LogP contribution in [0.2, 0.25) is 0 Å². The lowest BCUT2D eigenvalue weighted by atomic mass is 10.0. The molecule has 0 aliphatic carbocycles. The van der Waals surface area contributed by atoms with Crippen molar-refractivity contribution in [3.05, 3.63) is 59.7 Å². The second kappa shape index (κ2) is 6.65. The molecule has 0 bridgehead atoms. The average Bonchev–Trinajstić information content (AvgIpc) is 2.61. The maximum Gasteiger partial charge on any atom is 0.316 e. The molecule has 23 heavy (non-hydrogen) atoms. The highest BCUT2D eigenvalue weighted by Crippen LogP contribution is 2.26. The summed E-state index contributed by atoms with van der Waals surface area (Å²) in [5.74, 6) is -1.09. The van der Waals surface area contributed by atoms with Gasteiger partial charge in [-0.15, -0.1) is 0 Å². The first-order valence-electron chi connectivity index (χ1n) is 7.98. The van der Waals surface area contributed by atoms with Gasteiger partial charge in [-0.3, -0.25) is 9.59 Å². The molecule has 2 amide bonds. The lowest BCUT2D eigenvalue weighted by Crippen LogP contribution is -2.42. The molecule has 1 aliphatic rings. The fourth-order valence-corrected chi connectivity index (χ4v) is 2.88. The van der Waals surface area contributed by atoms with Crippen LogP contribution in [-0.2, 0) is 22.4 Å². The number of carbonyl (C=O) groups is 2. The van der Waals surface area contributed by atoms with Gasteiger partial charge in [-0.1, -0.05) is 37.3 Å². The monoisotopic (exact) mass is 308 g/mol. The number of hydrogen-bond donors (Lipinski definition) is 1. The molecule has 3 rings (SSSR count). The molecule has 2 aromatic carbocycles. The summed E-state index contributed by atoms with van der Waals surface area (Å²) in [6, 6.07) is 15.3. The van der Waals surface area contributed by atoms with Crippen LogP contribution in [0, 0.1) is 0 Å². The zero-order valence-electron chi connectivity index (χ0n) is 13.2. The van der Waals surface area contributed by atoms with E-state index < -0.39 is 11.8 Å². The van der Waals surface area contributed by atoms with E-state index in [1.54, 1.807) is 4.90 Å². The first-order valence-corrected chi connectivity index (χ1v) is 7.98. The van der Waals surface area contributed by atoms with Crippen LogP contribution in [0.3, 0.4) is 0 Å². The number of benzene rings is 2. The van der Waals surface area contributed by atoms with Gasteiger partial charge in [0.25, 0.3) is 0 Å². The zero-order chi connectivity index (χ0) is 16.2. The summed E-state index contributed by atoms with van der Waals surface area (Å²) in [5.41, 5.74) is 3.80. The Labute approximate surface area is 136 Å². The van der Waals surface area contributed by atoms with Crippen LogP contribution in [0.4, 0.5) is 11.4 Å². The van der Waals surface area contributed by atoms with Crippen molar-refractivity contribution in [3.8, 4) is 0 Å². The van der Waals surface area contributed by atoms with Gasteiger partial charge >= 0.3 is 11.8 Å². The number of hydrogen-bond acceptors (Lipinski definition) is 2. The molecule has 0 unspecified atom stereocenters. The number of nitrogens with zero attached hydrogens (tertiary/aromatic N) is 1. The van der Waals surface area contributed by atoms with E-state index in [4.69, 9.17) is 0 Å². The highest BCUT2D eigenvalue weighted by atomic mass is 16.2. The van der Waals surface area contributed by atoms with Crippen molar-refractivity contribution in [2.45, 2.75) is 26.2 Å². The van der Waals surface area contributed by atoms with E-state index in [-0.39, 0.29) is 0 Å². The van der Waals surface area contributed by atoms with Gasteiger partial charge in [0.1, 0.15) is 0 Å². The minimum Gasteiger partial charge on any atom is -0.318 e. The van der Waals surface area contributed by atoms with Gasteiger partial charge in [0.2, 0.25) is 0 Å². The Morgan fingerprint density at radius 3 is 2.57 bits per heavy atom. The molecule has 0 atom stereocenters. The predicted octanol–water partition coefficient (Wildman–Crippen LogP) is 3.17. The summed E-state index contributed by atoms with van der Waals surface area (Å²) in [6.45, 7) is 2.66. The van der Waals surface area contributed by atoms with Gasteiger partial charge in [0.05, 0.1) is 0 Å². The predicted molar refractivity (Wildman–Crippen MR) is 91.6 cm³/mol. The Balaban J connectivity index is 1.74. The molecule has 1 heterocycles.